The van der Waals surface area contributed by atoms with Gasteiger partial charge in [0, 0.05) is 0 Å². The molecule has 6 nitrogen and oxygen atoms in total. The van der Waals surface area contributed by atoms with Gasteiger partial charge in [-0.25, -0.2) is 4.79 Å². The fraction of sp³-hybridized carbons (Fsp3) is 0.400. The number of para-hydroxylation sites is 1. The van der Waals surface area contributed by atoms with Gasteiger partial charge in [0.05, 0.1) is 0 Å². The lowest BCUT2D eigenvalue weighted by atomic mass is 10.1. The van der Waals surface area contributed by atoms with E-state index in [1.807, 2.05) is 20.8 Å². The molecule has 1 heterocycles. The lowest BCUT2D eigenvalue weighted by Crippen LogP contribution is -2.24. The maximum Gasteiger partial charge on any atom is 0.342 e. The Kier molecular flexibility index (Phi) is 4.26. The maximum atomic E-state index is 12.1. The monoisotopic (exact) mass is 290 g/mol. The quantitative estimate of drug-likeness (QED) is 0.806. The van der Waals surface area contributed by atoms with Gasteiger partial charge >= 0.3 is 5.97 Å². The Bertz CT molecular complexity index is 629. The van der Waals surface area contributed by atoms with Crippen molar-refractivity contribution in [1.82, 2.24) is 10.1 Å². The summed E-state index contributed by atoms with van der Waals surface area (Å²) in [5, 5.41) is 3.68. The molecule has 0 amide bonds. The summed E-state index contributed by atoms with van der Waals surface area (Å²) in [4.78, 5) is 16.2. The molecule has 6 heteroatoms. The van der Waals surface area contributed by atoms with E-state index < -0.39 is 11.6 Å². The minimum atomic E-state index is -0.562. The molecule has 112 valence electrons. The second kappa shape index (κ2) is 5.95. The van der Waals surface area contributed by atoms with E-state index in [1.165, 1.54) is 0 Å². The summed E-state index contributed by atoms with van der Waals surface area (Å²) >= 11 is 0. The normalized spacial score (nSPS) is 11.2. The van der Waals surface area contributed by atoms with Crippen LogP contribution in [0.1, 0.15) is 42.8 Å². The van der Waals surface area contributed by atoms with Crippen molar-refractivity contribution in [1.29, 1.82) is 0 Å². The molecule has 0 N–H and O–H groups in total. The number of carbonyl (C=O) groups is 1. The largest absolute Gasteiger partial charge is 0.483 e. The summed E-state index contributed by atoms with van der Waals surface area (Å²) in [5.41, 5.74) is -0.197. The SMILES string of the molecule is Cc1noc(COc2ccccc2C(=O)OC(C)(C)C)n1. The molecule has 0 saturated heterocycles. The molecule has 0 bridgehead atoms. The number of nitrogens with zero attached hydrogens (tertiary/aromatic N) is 2. The first kappa shape index (κ1) is 15.0. The van der Waals surface area contributed by atoms with E-state index in [1.54, 1.807) is 31.2 Å². The van der Waals surface area contributed by atoms with E-state index in [0.717, 1.165) is 0 Å². The van der Waals surface area contributed by atoms with Gasteiger partial charge in [-0.2, -0.15) is 4.98 Å². The van der Waals surface area contributed by atoms with E-state index in [2.05, 4.69) is 10.1 Å². The number of carbonyl (C=O) groups excluding carboxylic acids is 1. The summed E-state index contributed by atoms with van der Waals surface area (Å²) in [6.45, 7) is 7.27. The second-order valence-electron chi connectivity index (χ2n) is 5.52. The van der Waals surface area contributed by atoms with Crippen molar-refractivity contribution in [2.24, 2.45) is 0 Å². The number of rotatable bonds is 4. The lowest BCUT2D eigenvalue weighted by Gasteiger charge is -2.20. The summed E-state index contributed by atoms with van der Waals surface area (Å²) in [6, 6.07) is 6.89. The molecule has 0 saturated carbocycles. The summed E-state index contributed by atoms with van der Waals surface area (Å²) < 4.78 is 15.9. The average molecular weight is 290 g/mol. The predicted molar refractivity (Wildman–Crippen MR) is 75.0 cm³/mol. The van der Waals surface area contributed by atoms with Crippen LogP contribution in [-0.4, -0.2) is 21.7 Å². The highest BCUT2D eigenvalue weighted by Gasteiger charge is 2.21. The molecule has 0 unspecified atom stereocenters. The highest BCUT2D eigenvalue weighted by atomic mass is 16.6. The van der Waals surface area contributed by atoms with Crippen LogP contribution < -0.4 is 4.74 Å². The van der Waals surface area contributed by atoms with Gasteiger partial charge in [0.25, 0.3) is 5.89 Å². The van der Waals surface area contributed by atoms with Crippen LogP contribution in [0.15, 0.2) is 28.8 Å². The third kappa shape index (κ3) is 4.30. The van der Waals surface area contributed by atoms with Crippen molar-refractivity contribution in [2.45, 2.75) is 39.9 Å². The van der Waals surface area contributed by atoms with Crippen LogP contribution in [-0.2, 0) is 11.3 Å². The Morgan fingerprint density at radius 1 is 1.29 bits per heavy atom. The molecule has 2 rings (SSSR count). The van der Waals surface area contributed by atoms with Gasteiger partial charge in [-0.3, -0.25) is 0 Å². The third-order valence-electron chi connectivity index (χ3n) is 2.43. The first-order chi connectivity index (χ1) is 9.85. The first-order valence-electron chi connectivity index (χ1n) is 6.59. The van der Waals surface area contributed by atoms with Crippen molar-refractivity contribution < 1.29 is 18.8 Å². The minimum absolute atomic E-state index is 0.0979. The van der Waals surface area contributed by atoms with Gasteiger partial charge in [-0.05, 0) is 39.8 Å². The van der Waals surface area contributed by atoms with Crippen LogP contribution in [0.5, 0.6) is 5.75 Å². The summed E-state index contributed by atoms with van der Waals surface area (Å²) in [5.74, 6) is 0.878. The summed E-state index contributed by atoms with van der Waals surface area (Å²) in [7, 11) is 0. The van der Waals surface area contributed by atoms with Crippen LogP contribution >= 0.6 is 0 Å². The van der Waals surface area contributed by atoms with Crippen LogP contribution in [0, 0.1) is 6.92 Å². The zero-order valence-electron chi connectivity index (χ0n) is 12.5. The average Bonchev–Trinajstić information content (AvgIpc) is 2.80. The standard InChI is InChI=1S/C15H18N2O4/c1-10-16-13(21-17-10)9-19-12-8-6-5-7-11(12)14(18)20-15(2,3)4/h5-8H,9H2,1-4H3. The van der Waals surface area contributed by atoms with Crippen LogP contribution in [0.2, 0.25) is 0 Å². The zero-order valence-corrected chi connectivity index (χ0v) is 12.5. The van der Waals surface area contributed by atoms with E-state index in [-0.39, 0.29) is 6.61 Å². The minimum Gasteiger partial charge on any atom is -0.483 e. The van der Waals surface area contributed by atoms with Gasteiger partial charge in [-0.15, -0.1) is 0 Å². The first-order valence-corrected chi connectivity index (χ1v) is 6.59. The van der Waals surface area contributed by atoms with Crippen LogP contribution in [0.4, 0.5) is 0 Å². The molecule has 0 fully saturated rings. The fourth-order valence-corrected chi connectivity index (χ4v) is 1.63. The topological polar surface area (TPSA) is 74.5 Å². The van der Waals surface area contributed by atoms with Gasteiger partial charge in [0.2, 0.25) is 0 Å². The van der Waals surface area contributed by atoms with E-state index in [0.29, 0.717) is 23.0 Å². The Hall–Kier alpha value is -2.37. The number of hydrogen-bond acceptors (Lipinski definition) is 6. The molecule has 21 heavy (non-hydrogen) atoms. The Balaban J connectivity index is 2.11. The number of esters is 1. The van der Waals surface area contributed by atoms with E-state index >= 15 is 0 Å². The van der Waals surface area contributed by atoms with Gasteiger partial charge in [0.15, 0.2) is 12.4 Å². The van der Waals surface area contributed by atoms with Crippen molar-refractivity contribution in [3.05, 3.63) is 41.5 Å². The molecule has 0 aliphatic heterocycles. The molecule has 0 atom stereocenters. The Labute approximate surface area is 123 Å². The fourth-order valence-electron chi connectivity index (χ4n) is 1.63. The van der Waals surface area contributed by atoms with Crippen molar-refractivity contribution >= 4 is 5.97 Å². The van der Waals surface area contributed by atoms with Gasteiger partial charge in [0.1, 0.15) is 16.9 Å². The van der Waals surface area contributed by atoms with Gasteiger partial charge in [-0.1, -0.05) is 17.3 Å². The van der Waals surface area contributed by atoms with Crippen molar-refractivity contribution in [3.63, 3.8) is 0 Å². The number of hydrogen-bond donors (Lipinski definition) is 0. The van der Waals surface area contributed by atoms with Gasteiger partial charge < -0.3 is 14.0 Å². The Morgan fingerprint density at radius 3 is 2.62 bits per heavy atom. The number of ether oxygens (including phenoxy) is 2. The van der Waals surface area contributed by atoms with E-state index in [4.69, 9.17) is 14.0 Å². The van der Waals surface area contributed by atoms with Crippen LogP contribution in [0.3, 0.4) is 0 Å². The highest BCUT2D eigenvalue weighted by Crippen LogP contribution is 2.22. The van der Waals surface area contributed by atoms with E-state index in [9.17, 15) is 4.79 Å². The molecule has 0 radical (unpaired) electrons. The molecule has 0 spiro atoms. The maximum absolute atomic E-state index is 12.1. The van der Waals surface area contributed by atoms with Crippen molar-refractivity contribution in [2.75, 3.05) is 0 Å². The number of aromatic nitrogens is 2. The smallest absolute Gasteiger partial charge is 0.342 e. The molecular weight excluding hydrogens is 272 g/mol. The number of aryl methyl sites for hydroxylation is 1. The molecule has 0 aliphatic rings. The molecule has 0 aliphatic carbocycles. The third-order valence-corrected chi connectivity index (χ3v) is 2.43. The van der Waals surface area contributed by atoms with Crippen LogP contribution in [0.25, 0.3) is 0 Å². The molecule has 1 aromatic carbocycles. The molecule has 1 aromatic heterocycles. The highest BCUT2D eigenvalue weighted by molar-refractivity contribution is 5.92. The second-order valence-corrected chi connectivity index (χ2v) is 5.52. The summed E-state index contributed by atoms with van der Waals surface area (Å²) in [6.07, 6.45) is 0. The lowest BCUT2D eigenvalue weighted by molar-refractivity contribution is 0.00650. The molecular formula is C15H18N2O4. The van der Waals surface area contributed by atoms with Crippen molar-refractivity contribution in [3.8, 4) is 5.75 Å². The Morgan fingerprint density at radius 2 is 2.00 bits per heavy atom. The number of benzene rings is 1. The predicted octanol–water partition coefficient (Wildman–Crippen LogP) is 2.91. The zero-order chi connectivity index (χ0) is 15.5. The molecule has 2 aromatic rings.